The zero-order valence-electron chi connectivity index (χ0n) is 16.0. The number of halogens is 3. The van der Waals surface area contributed by atoms with Gasteiger partial charge in [-0.1, -0.05) is 13.8 Å². The second-order valence-electron chi connectivity index (χ2n) is 7.18. The summed E-state index contributed by atoms with van der Waals surface area (Å²) in [5.74, 6) is 0.566. The maximum absolute atomic E-state index is 12.6. The average molecular weight is 421 g/mol. The van der Waals surface area contributed by atoms with Crippen LogP contribution in [-0.2, 0) is 16.2 Å². The predicted octanol–water partition coefficient (Wildman–Crippen LogP) is 3.16. The van der Waals surface area contributed by atoms with Crippen molar-refractivity contribution in [2.75, 3.05) is 32.7 Å². The van der Waals surface area contributed by atoms with E-state index in [1.807, 2.05) is 0 Å². The first-order chi connectivity index (χ1) is 13.0. The summed E-state index contributed by atoms with van der Waals surface area (Å²) in [5.41, 5.74) is -0.898. The highest BCUT2D eigenvalue weighted by atomic mass is 32.2. The lowest BCUT2D eigenvalue weighted by Gasteiger charge is -2.34. The Morgan fingerprint density at radius 1 is 1.11 bits per heavy atom. The van der Waals surface area contributed by atoms with Crippen molar-refractivity contribution in [3.63, 3.8) is 0 Å². The van der Waals surface area contributed by atoms with Crippen molar-refractivity contribution in [1.82, 2.24) is 14.5 Å². The molecule has 0 unspecified atom stereocenters. The van der Waals surface area contributed by atoms with Crippen LogP contribution in [0.15, 0.2) is 29.2 Å². The summed E-state index contributed by atoms with van der Waals surface area (Å²) in [4.78, 5) is 13.5. The summed E-state index contributed by atoms with van der Waals surface area (Å²) in [7, 11) is -3.90. The van der Waals surface area contributed by atoms with Gasteiger partial charge in [0.2, 0.25) is 10.0 Å². The van der Waals surface area contributed by atoms with Crippen molar-refractivity contribution in [2.24, 2.45) is 5.92 Å². The van der Waals surface area contributed by atoms with Gasteiger partial charge in [0.25, 0.3) is 0 Å². The number of nitrogens with zero attached hydrogens (tertiary/aromatic N) is 2. The third-order valence-electron chi connectivity index (χ3n) is 4.58. The summed E-state index contributed by atoms with van der Waals surface area (Å²) in [6.45, 7) is 5.45. The lowest BCUT2D eigenvalue weighted by molar-refractivity contribution is -0.137. The SMILES string of the molecule is CC(C)CCCNC(=O)N1CCN(S(=O)(=O)c2ccc(C(F)(F)F)cc2)CC1. The van der Waals surface area contributed by atoms with Crippen LogP contribution in [0.25, 0.3) is 0 Å². The highest BCUT2D eigenvalue weighted by molar-refractivity contribution is 7.89. The third-order valence-corrected chi connectivity index (χ3v) is 6.49. The van der Waals surface area contributed by atoms with E-state index in [0.717, 1.165) is 37.1 Å². The van der Waals surface area contributed by atoms with Crippen LogP contribution in [0.1, 0.15) is 32.3 Å². The molecule has 0 bridgehead atoms. The molecule has 6 nitrogen and oxygen atoms in total. The van der Waals surface area contributed by atoms with E-state index >= 15 is 0 Å². The normalized spacial score (nSPS) is 16.4. The zero-order valence-corrected chi connectivity index (χ0v) is 16.8. The van der Waals surface area contributed by atoms with E-state index < -0.39 is 21.8 Å². The van der Waals surface area contributed by atoms with E-state index in [1.54, 1.807) is 4.90 Å². The monoisotopic (exact) mass is 421 g/mol. The van der Waals surface area contributed by atoms with Crippen LogP contribution in [0, 0.1) is 5.92 Å². The molecular formula is C18H26F3N3O3S. The number of rotatable bonds is 6. The minimum absolute atomic E-state index is 0.1000. The number of hydrogen-bond acceptors (Lipinski definition) is 3. The minimum atomic E-state index is -4.52. The van der Waals surface area contributed by atoms with Crippen LogP contribution in [0.5, 0.6) is 0 Å². The number of carbonyl (C=O) groups excluding carboxylic acids is 1. The predicted molar refractivity (Wildman–Crippen MR) is 99.2 cm³/mol. The van der Waals surface area contributed by atoms with Crippen molar-refractivity contribution in [2.45, 2.75) is 37.8 Å². The van der Waals surface area contributed by atoms with Gasteiger partial charge in [-0.25, -0.2) is 13.2 Å². The highest BCUT2D eigenvalue weighted by Gasteiger charge is 2.33. The molecule has 0 aromatic heterocycles. The molecule has 1 aromatic carbocycles. The number of urea groups is 1. The van der Waals surface area contributed by atoms with Gasteiger partial charge in [-0.05, 0) is 43.0 Å². The van der Waals surface area contributed by atoms with Crippen LogP contribution >= 0.6 is 0 Å². The topological polar surface area (TPSA) is 69.7 Å². The number of amides is 2. The lowest BCUT2D eigenvalue weighted by Crippen LogP contribution is -2.53. The summed E-state index contributed by atoms with van der Waals surface area (Å²) >= 11 is 0. The largest absolute Gasteiger partial charge is 0.416 e. The number of carbonyl (C=O) groups is 1. The Bertz CT molecular complexity index is 757. The molecule has 1 aliphatic rings. The average Bonchev–Trinajstić information content (AvgIpc) is 2.64. The molecule has 0 saturated carbocycles. The summed E-state index contributed by atoms with van der Waals surface area (Å²) in [6.07, 6.45) is -2.62. The smallest absolute Gasteiger partial charge is 0.338 e. The van der Waals surface area contributed by atoms with E-state index in [-0.39, 0.29) is 37.1 Å². The molecule has 1 N–H and O–H groups in total. The van der Waals surface area contributed by atoms with E-state index in [0.29, 0.717) is 12.5 Å². The summed E-state index contributed by atoms with van der Waals surface area (Å²) < 4.78 is 64.4. The summed E-state index contributed by atoms with van der Waals surface area (Å²) in [5, 5.41) is 2.83. The van der Waals surface area contributed by atoms with Crippen LogP contribution in [0.4, 0.5) is 18.0 Å². The molecule has 0 radical (unpaired) electrons. The Labute approximate surface area is 163 Å². The Morgan fingerprint density at radius 2 is 1.68 bits per heavy atom. The van der Waals surface area contributed by atoms with Crippen LogP contribution in [0.3, 0.4) is 0 Å². The molecule has 0 aliphatic carbocycles. The van der Waals surface area contributed by atoms with Gasteiger partial charge in [-0.15, -0.1) is 0 Å². The standard InChI is InChI=1S/C18H26F3N3O3S/c1-14(2)4-3-9-22-17(25)23-10-12-24(13-11-23)28(26,27)16-7-5-15(6-8-16)18(19,20)21/h5-8,14H,3-4,9-13H2,1-2H3,(H,22,25). The van der Waals surface area contributed by atoms with Crippen molar-refractivity contribution in [3.05, 3.63) is 29.8 Å². The maximum Gasteiger partial charge on any atom is 0.416 e. The Hall–Kier alpha value is -1.81. The van der Waals surface area contributed by atoms with E-state index in [2.05, 4.69) is 19.2 Å². The van der Waals surface area contributed by atoms with Crippen LogP contribution < -0.4 is 5.32 Å². The minimum Gasteiger partial charge on any atom is -0.338 e. The van der Waals surface area contributed by atoms with E-state index in [9.17, 15) is 26.4 Å². The molecule has 1 heterocycles. The molecule has 10 heteroatoms. The van der Waals surface area contributed by atoms with Crippen LogP contribution in [-0.4, -0.2) is 56.4 Å². The summed E-state index contributed by atoms with van der Waals surface area (Å²) in [6, 6.07) is 3.22. The molecule has 1 fully saturated rings. The fraction of sp³-hybridized carbons (Fsp3) is 0.611. The number of hydrogen-bond donors (Lipinski definition) is 1. The van der Waals surface area contributed by atoms with Gasteiger partial charge in [0, 0.05) is 32.7 Å². The van der Waals surface area contributed by atoms with Gasteiger partial charge in [-0.3, -0.25) is 0 Å². The molecule has 0 spiro atoms. The van der Waals surface area contributed by atoms with Gasteiger partial charge in [-0.2, -0.15) is 17.5 Å². The number of alkyl halides is 3. The molecule has 1 aromatic rings. The first-order valence-corrected chi connectivity index (χ1v) is 10.7. The Kier molecular flexibility index (Phi) is 7.33. The molecule has 0 atom stereocenters. The lowest BCUT2D eigenvalue weighted by atomic mass is 10.1. The van der Waals surface area contributed by atoms with Gasteiger partial charge in [0.05, 0.1) is 10.5 Å². The molecule has 28 heavy (non-hydrogen) atoms. The quantitative estimate of drug-likeness (QED) is 0.718. The molecule has 158 valence electrons. The van der Waals surface area contributed by atoms with Gasteiger partial charge < -0.3 is 10.2 Å². The van der Waals surface area contributed by atoms with Crippen molar-refractivity contribution in [1.29, 1.82) is 0 Å². The first kappa shape index (κ1) is 22.5. The molecular weight excluding hydrogens is 395 g/mol. The first-order valence-electron chi connectivity index (χ1n) is 9.22. The van der Waals surface area contributed by atoms with Crippen LogP contribution in [0.2, 0.25) is 0 Å². The van der Waals surface area contributed by atoms with Crippen molar-refractivity contribution >= 4 is 16.1 Å². The number of benzene rings is 1. The highest BCUT2D eigenvalue weighted by Crippen LogP contribution is 2.30. The second kappa shape index (κ2) is 9.13. The Balaban J connectivity index is 1.90. The fourth-order valence-electron chi connectivity index (χ4n) is 2.91. The molecule has 2 rings (SSSR count). The molecule has 1 aliphatic heterocycles. The van der Waals surface area contributed by atoms with Gasteiger partial charge >= 0.3 is 12.2 Å². The fourth-order valence-corrected chi connectivity index (χ4v) is 4.34. The number of sulfonamides is 1. The van der Waals surface area contributed by atoms with Gasteiger partial charge in [0.1, 0.15) is 0 Å². The van der Waals surface area contributed by atoms with E-state index in [4.69, 9.17) is 0 Å². The Morgan fingerprint density at radius 3 is 2.18 bits per heavy atom. The zero-order chi connectivity index (χ0) is 20.9. The maximum atomic E-state index is 12.6. The molecule has 2 amide bonds. The van der Waals surface area contributed by atoms with Crippen molar-refractivity contribution in [3.8, 4) is 0 Å². The van der Waals surface area contributed by atoms with Gasteiger partial charge in [0.15, 0.2) is 0 Å². The van der Waals surface area contributed by atoms with Crippen molar-refractivity contribution < 1.29 is 26.4 Å². The van der Waals surface area contributed by atoms with E-state index in [1.165, 1.54) is 4.31 Å². The number of nitrogens with one attached hydrogen (secondary N) is 1. The number of piperazine rings is 1. The second-order valence-corrected chi connectivity index (χ2v) is 9.12. The third kappa shape index (κ3) is 5.84. The molecule has 1 saturated heterocycles.